The van der Waals surface area contributed by atoms with Gasteiger partial charge in [-0.2, -0.15) is 0 Å². The van der Waals surface area contributed by atoms with E-state index < -0.39 is 0 Å². The van der Waals surface area contributed by atoms with Gasteiger partial charge in [0.1, 0.15) is 5.75 Å². The topological polar surface area (TPSA) is 66.8 Å². The Morgan fingerprint density at radius 1 is 0.977 bits per heavy atom. The monoisotopic (exact) mass is 646 g/mol. The first kappa shape index (κ1) is 34.2. The molecule has 4 rings (SSSR count). The molecule has 2 aliphatic rings. The van der Waals surface area contributed by atoms with Crippen LogP contribution in [0.5, 0.6) is 5.75 Å². The Morgan fingerprint density at radius 2 is 1.77 bits per heavy atom. The van der Waals surface area contributed by atoms with E-state index in [4.69, 9.17) is 37.4 Å². The molecule has 8 nitrogen and oxygen atoms in total. The van der Waals surface area contributed by atoms with Gasteiger partial charge in [0.2, 0.25) is 6.79 Å². The molecule has 0 radical (unpaired) electrons. The van der Waals surface area contributed by atoms with E-state index in [0.29, 0.717) is 53.9 Å². The quantitative estimate of drug-likeness (QED) is 0.153. The van der Waals surface area contributed by atoms with E-state index >= 15 is 0 Å². The number of ether oxygens (including phenoxy) is 3. The number of halogens is 2. The summed E-state index contributed by atoms with van der Waals surface area (Å²) in [4.78, 5) is 23.9. The van der Waals surface area contributed by atoms with Crippen molar-refractivity contribution < 1.29 is 19.0 Å². The maximum Gasteiger partial charge on any atom is 0.412 e. The number of aliphatic imine (C=N–C) groups is 1. The van der Waals surface area contributed by atoms with Gasteiger partial charge in [-0.15, -0.1) is 0 Å². The highest BCUT2D eigenvalue weighted by atomic mass is 35.5. The predicted molar refractivity (Wildman–Crippen MR) is 180 cm³/mol. The lowest BCUT2D eigenvalue weighted by atomic mass is 10.0. The van der Waals surface area contributed by atoms with Gasteiger partial charge in [0.25, 0.3) is 0 Å². The first-order valence-electron chi connectivity index (χ1n) is 16.0. The summed E-state index contributed by atoms with van der Waals surface area (Å²) in [5.41, 5.74) is 3.03. The highest BCUT2D eigenvalue weighted by Gasteiger charge is 2.20. The van der Waals surface area contributed by atoms with Crippen molar-refractivity contribution in [3.05, 3.63) is 52.0 Å². The molecule has 0 spiro atoms. The fourth-order valence-electron chi connectivity index (χ4n) is 5.41. The number of rotatable bonds is 14. The average molecular weight is 648 g/mol. The third-order valence-electron chi connectivity index (χ3n) is 7.92. The molecule has 0 saturated carbocycles. The lowest BCUT2D eigenvalue weighted by Gasteiger charge is -2.36. The summed E-state index contributed by atoms with van der Waals surface area (Å²) in [7, 11) is 0. The second kappa shape index (κ2) is 17.1. The van der Waals surface area contributed by atoms with Crippen molar-refractivity contribution in [2.24, 2.45) is 16.8 Å². The lowest BCUT2D eigenvalue weighted by molar-refractivity contribution is 0.0250. The zero-order chi connectivity index (χ0) is 31.5. The number of fused-ring (bicyclic) bond motifs is 1. The summed E-state index contributed by atoms with van der Waals surface area (Å²) in [6.07, 6.45) is 4.16. The molecule has 0 aromatic heterocycles. The summed E-state index contributed by atoms with van der Waals surface area (Å²) in [5, 5.41) is 1.24. The van der Waals surface area contributed by atoms with Crippen molar-refractivity contribution >= 4 is 46.6 Å². The van der Waals surface area contributed by atoms with Crippen LogP contribution in [-0.4, -0.2) is 81.0 Å². The highest BCUT2D eigenvalue weighted by Crippen LogP contribution is 2.33. The van der Waals surface area contributed by atoms with Crippen LogP contribution in [0.15, 0.2) is 41.4 Å². The molecule has 0 bridgehead atoms. The first-order valence-corrected chi connectivity index (χ1v) is 16.7. The molecule has 2 aromatic rings. The van der Waals surface area contributed by atoms with Crippen LogP contribution in [0.2, 0.25) is 10.0 Å². The minimum Gasteiger partial charge on any atom is -0.494 e. The van der Waals surface area contributed by atoms with Gasteiger partial charge in [0.05, 0.1) is 28.0 Å². The number of hydrogen-bond donors (Lipinski definition) is 0. The van der Waals surface area contributed by atoms with Crippen molar-refractivity contribution in [1.82, 2.24) is 9.80 Å². The number of benzene rings is 2. The van der Waals surface area contributed by atoms with Crippen LogP contribution in [0.3, 0.4) is 0 Å². The molecule has 0 atom stereocenters. The van der Waals surface area contributed by atoms with E-state index in [2.05, 4.69) is 48.6 Å². The van der Waals surface area contributed by atoms with Gasteiger partial charge >= 0.3 is 6.09 Å². The molecule has 0 aliphatic carbocycles. The average Bonchev–Trinajstić information content (AvgIpc) is 3.00. The van der Waals surface area contributed by atoms with Crippen molar-refractivity contribution in [3.63, 3.8) is 0 Å². The van der Waals surface area contributed by atoms with Crippen LogP contribution < -0.4 is 9.64 Å². The lowest BCUT2D eigenvalue weighted by Crippen LogP contribution is -2.46. The molecule has 0 unspecified atom stereocenters. The number of unbranched alkanes of at least 4 members (excludes halogenated alkanes) is 1. The van der Waals surface area contributed by atoms with E-state index in [9.17, 15) is 4.79 Å². The maximum absolute atomic E-state index is 12.7. The Morgan fingerprint density at radius 3 is 2.52 bits per heavy atom. The third-order valence-corrected chi connectivity index (χ3v) is 8.73. The number of aryl methyl sites for hydroxylation is 1. The van der Waals surface area contributed by atoms with Crippen LogP contribution in [0.25, 0.3) is 0 Å². The van der Waals surface area contributed by atoms with Crippen LogP contribution in [0.1, 0.15) is 58.9 Å². The summed E-state index contributed by atoms with van der Waals surface area (Å²) in [6.45, 7) is 15.3. The SMILES string of the molecule is CC(C)CCN(CC(C)C)C(=O)OCOC1=Nc2cc(OCCCCN3CCN(c4cccc(Cl)c4Cl)CC3)ccc2CC1. The molecular weight excluding hydrogens is 599 g/mol. The van der Waals surface area contributed by atoms with E-state index in [1.54, 1.807) is 4.90 Å². The van der Waals surface area contributed by atoms with Gasteiger partial charge in [-0.1, -0.05) is 63.0 Å². The van der Waals surface area contributed by atoms with Crippen LogP contribution in [-0.2, 0) is 15.9 Å². The molecule has 1 saturated heterocycles. The second-order valence-corrected chi connectivity index (χ2v) is 13.2. The molecular formula is C34H48Cl2N4O4. The largest absolute Gasteiger partial charge is 0.494 e. The number of hydrogen-bond acceptors (Lipinski definition) is 7. The molecule has 1 fully saturated rings. The normalized spacial score (nSPS) is 15.3. The second-order valence-electron chi connectivity index (χ2n) is 12.4. The minimum absolute atomic E-state index is 0.136. The Labute approximate surface area is 273 Å². The van der Waals surface area contributed by atoms with E-state index in [1.165, 1.54) is 0 Å². The Balaban J connectivity index is 1.15. The van der Waals surface area contributed by atoms with Gasteiger partial charge in [-0.05, 0) is 67.8 Å². The molecule has 44 heavy (non-hydrogen) atoms. The Kier molecular flexibility index (Phi) is 13.3. The van der Waals surface area contributed by atoms with E-state index in [-0.39, 0.29) is 12.9 Å². The smallest absolute Gasteiger partial charge is 0.412 e. The van der Waals surface area contributed by atoms with Gasteiger partial charge < -0.3 is 24.0 Å². The molecule has 1 amide bonds. The van der Waals surface area contributed by atoms with Crippen LogP contribution >= 0.6 is 23.2 Å². The van der Waals surface area contributed by atoms with Gasteiger partial charge in [-0.3, -0.25) is 4.90 Å². The number of carbonyl (C=O) groups excluding carboxylic acids is 1. The Hall–Kier alpha value is -2.68. The molecule has 0 N–H and O–H groups in total. The van der Waals surface area contributed by atoms with Crippen molar-refractivity contribution in [1.29, 1.82) is 0 Å². The predicted octanol–water partition coefficient (Wildman–Crippen LogP) is 8.07. The Bertz CT molecular complexity index is 1250. The van der Waals surface area contributed by atoms with E-state index in [0.717, 1.165) is 81.1 Å². The summed E-state index contributed by atoms with van der Waals surface area (Å²) in [5.74, 6) is 2.28. The fraction of sp³-hybridized carbons (Fsp3) is 0.588. The van der Waals surface area contributed by atoms with Crippen LogP contribution in [0, 0.1) is 11.8 Å². The fourth-order valence-corrected chi connectivity index (χ4v) is 5.83. The van der Waals surface area contributed by atoms with Gasteiger partial charge in [0.15, 0.2) is 5.90 Å². The van der Waals surface area contributed by atoms with Gasteiger partial charge in [-0.25, -0.2) is 9.79 Å². The highest BCUT2D eigenvalue weighted by molar-refractivity contribution is 6.43. The van der Waals surface area contributed by atoms with E-state index in [1.807, 2.05) is 30.3 Å². The zero-order valence-electron chi connectivity index (χ0n) is 26.7. The number of piperazine rings is 1. The number of amides is 1. The maximum atomic E-state index is 12.7. The molecule has 10 heteroatoms. The first-order chi connectivity index (χ1) is 21.2. The summed E-state index contributed by atoms with van der Waals surface area (Å²) >= 11 is 12.6. The molecule has 242 valence electrons. The standard InChI is InChI=1S/C34H48Cl2N4O4/c1-25(2)14-16-40(23-26(3)4)34(41)44-24-43-32-13-11-27-10-12-28(22-30(27)37-32)42-21-6-5-15-38-17-19-39(20-18-38)31-9-7-8-29(35)33(31)36/h7-10,12,22,25-26H,5-6,11,13-21,23-24H2,1-4H3. The molecule has 2 aromatic carbocycles. The number of carbonyl (C=O) groups is 1. The van der Waals surface area contributed by atoms with Gasteiger partial charge in [0, 0.05) is 51.8 Å². The van der Waals surface area contributed by atoms with Crippen LogP contribution in [0.4, 0.5) is 16.2 Å². The van der Waals surface area contributed by atoms with Crippen molar-refractivity contribution in [2.45, 2.75) is 59.8 Å². The van der Waals surface area contributed by atoms with Crippen molar-refractivity contribution in [3.8, 4) is 5.75 Å². The molecule has 2 heterocycles. The number of anilines is 1. The zero-order valence-corrected chi connectivity index (χ0v) is 28.2. The van der Waals surface area contributed by atoms with Crippen molar-refractivity contribution in [2.75, 3.05) is 64.1 Å². The third kappa shape index (κ3) is 10.5. The summed E-state index contributed by atoms with van der Waals surface area (Å²) < 4.78 is 17.3. The summed E-state index contributed by atoms with van der Waals surface area (Å²) in [6, 6.07) is 11.9. The number of nitrogens with zero attached hydrogens (tertiary/aromatic N) is 4. The minimum atomic E-state index is -0.337. The molecule has 2 aliphatic heterocycles.